The molecule has 12 heteroatoms. The number of benzene rings is 2. The van der Waals surface area contributed by atoms with Crippen molar-refractivity contribution >= 4 is 65.5 Å². The summed E-state index contributed by atoms with van der Waals surface area (Å²) < 4.78 is 15.9. The van der Waals surface area contributed by atoms with Crippen molar-refractivity contribution in [3.63, 3.8) is 0 Å². The van der Waals surface area contributed by atoms with Gasteiger partial charge >= 0.3 is 6.09 Å². The number of nitrogens with one attached hydrogen (secondary N) is 1. The zero-order chi connectivity index (χ0) is 27.0. The first kappa shape index (κ1) is 35.1. The van der Waals surface area contributed by atoms with Crippen LogP contribution in [0.15, 0.2) is 36.4 Å². The topological polar surface area (TPSA) is 66.5 Å². The van der Waals surface area contributed by atoms with E-state index in [2.05, 4.69) is 15.1 Å². The Hall–Kier alpha value is -1.97. The van der Waals surface area contributed by atoms with E-state index in [-0.39, 0.29) is 30.9 Å². The summed E-state index contributed by atoms with van der Waals surface area (Å²) in [5.41, 5.74) is 1.76. The Morgan fingerprint density at radius 3 is 1.62 bits per heavy atom. The lowest BCUT2D eigenvalue weighted by Crippen LogP contribution is -2.50. The second kappa shape index (κ2) is 16.3. The molecule has 2 aliphatic heterocycles. The van der Waals surface area contributed by atoms with Gasteiger partial charge in [-0.25, -0.2) is 4.79 Å². The van der Waals surface area contributed by atoms with E-state index in [9.17, 15) is 4.79 Å². The molecule has 2 saturated heterocycles. The van der Waals surface area contributed by atoms with Crippen molar-refractivity contribution in [3.05, 3.63) is 46.4 Å². The molecule has 220 valence electrons. The average Bonchev–Trinajstić information content (AvgIpc) is 2.89. The maximum Gasteiger partial charge on any atom is 0.410 e. The largest absolute Gasteiger partial charge is 0.495 e. The predicted octanol–water partition coefficient (Wildman–Crippen LogP) is 6.01. The molecule has 2 heterocycles. The monoisotopic (exact) mass is 624 g/mol. The van der Waals surface area contributed by atoms with Crippen LogP contribution >= 0.6 is 48.0 Å². The highest BCUT2D eigenvalue weighted by Crippen LogP contribution is 2.30. The molecule has 0 atom stereocenters. The molecule has 0 aliphatic carbocycles. The normalized spacial score (nSPS) is 15.2. The van der Waals surface area contributed by atoms with Gasteiger partial charge in [-0.3, -0.25) is 0 Å². The summed E-state index contributed by atoms with van der Waals surface area (Å²) in [6, 6.07) is 11.6. The number of nitrogens with zero attached hydrogens (tertiary/aromatic N) is 3. The number of methoxy groups -OCH3 is 2. The molecule has 39 heavy (non-hydrogen) atoms. The Morgan fingerprint density at radius 2 is 1.21 bits per heavy atom. The van der Waals surface area contributed by atoms with E-state index in [1.54, 1.807) is 19.1 Å². The van der Waals surface area contributed by atoms with Crippen LogP contribution in [0.25, 0.3) is 0 Å². The van der Waals surface area contributed by atoms with Gasteiger partial charge < -0.3 is 34.2 Å². The van der Waals surface area contributed by atoms with Crippen LogP contribution in [-0.2, 0) is 4.74 Å². The first-order valence-electron chi connectivity index (χ1n) is 12.5. The molecule has 2 aromatic carbocycles. The summed E-state index contributed by atoms with van der Waals surface area (Å²) in [5, 5.41) is 4.58. The molecule has 0 bridgehead atoms. The molecule has 2 aromatic rings. The molecular weight excluding hydrogens is 586 g/mol. The van der Waals surface area contributed by atoms with Gasteiger partial charge in [-0.05, 0) is 45.0 Å². The minimum absolute atomic E-state index is 0. The number of carbonyl (C=O) groups excluding carboxylic acids is 1. The Labute approximate surface area is 254 Å². The summed E-state index contributed by atoms with van der Waals surface area (Å²) in [4.78, 5) is 18.3. The van der Waals surface area contributed by atoms with Crippen LogP contribution < -0.4 is 24.6 Å². The van der Waals surface area contributed by atoms with Crippen LogP contribution in [0.4, 0.5) is 16.2 Å². The molecule has 2 aliphatic rings. The second-order valence-electron chi connectivity index (χ2n) is 9.83. The minimum atomic E-state index is -0.461. The third-order valence-electron chi connectivity index (χ3n) is 6.05. The average molecular weight is 626 g/mol. The molecule has 4 rings (SSSR count). The molecule has 0 unspecified atom stereocenters. The van der Waals surface area contributed by atoms with E-state index in [0.29, 0.717) is 28.9 Å². The lowest BCUT2D eigenvalue weighted by molar-refractivity contribution is 0.0240. The van der Waals surface area contributed by atoms with Gasteiger partial charge in [-0.1, -0.05) is 23.2 Å². The molecule has 2 fully saturated rings. The number of ether oxygens (including phenoxy) is 3. The number of hydrogen-bond donors (Lipinski definition) is 1. The zero-order valence-electron chi connectivity index (χ0n) is 23.2. The fraction of sp³-hybridized carbons (Fsp3) is 0.519. The third-order valence-corrected chi connectivity index (χ3v) is 6.67. The van der Waals surface area contributed by atoms with E-state index in [1.165, 1.54) is 5.69 Å². The van der Waals surface area contributed by atoms with E-state index < -0.39 is 5.60 Å². The summed E-state index contributed by atoms with van der Waals surface area (Å²) in [6.07, 6.45) is -0.249. The van der Waals surface area contributed by atoms with Crippen molar-refractivity contribution in [2.45, 2.75) is 26.4 Å². The number of rotatable bonds is 4. The number of piperazine rings is 2. The minimum Gasteiger partial charge on any atom is -0.495 e. The van der Waals surface area contributed by atoms with Crippen molar-refractivity contribution in [1.29, 1.82) is 0 Å². The summed E-state index contributed by atoms with van der Waals surface area (Å²) in [5.74, 6) is 1.40. The Morgan fingerprint density at radius 1 is 0.769 bits per heavy atom. The van der Waals surface area contributed by atoms with Crippen LogP contribution in [0.3, 0.4) is 0 Å². The Bertz CT molecular complexity index is 1040. The molecule has 0 aromatic heterocycles. The van der Waals surface area contributed by atoms with Gasteiger partial charge in [0.25, 0.3) is 0 Å². The zero-order valence-corrected chi connectivity index (χ0v) is 26.3. The van der Waals surface area contributed by atoms with Crippen molar-refractivity contribution in [2.75, 3.05) is 76.4 Å². The quantitative estimate of drug-likeness (QED) is 0.446. The van der Waals surface area contributed by atoms with E-state index in [4.69, 9.17) is 37.4 Å². The lowest BCUT2D eigenvalue weighted by atomic mass is 10.2. The highest BCUT2D eigenvalue weighted by Gasteiger charge is 2.26. The lowest BCUT2D eigenvalue weighted by Gasteiger charge is -2.36. The van der Waals surface area contributed by atoms with Crippen LogP contribution in [0.2, 0.25) is 10.0 Å². The van der Waals surface area contributed by atoms with E-state index >= 15 is 0 Å². The van der Waals surface area contributed by atoms with E-state index in [0.717, 1.165) is 50.7 Å². The fourth-order valence-corrected chi connectivity index (χ4v) is 4.48. The number of carbonyl (C=O) groups is 1. The highest BCUT2D eigenvalue weighted by molar-refractivity contribution is 6.32. The Balaban J connectivity index is 0.000000394. The third kappa shape index (κ3) is 10.5. The number of anilines is 2. The van der Waals surface area contributed by atoms with Gasteiger partial charge in [0.15, 0.2) is 0 Å². The van der Waals surface area contributed by atoms with Gasteiger partial charge in [0.2, 0.25) is 0 Å². The van der Waals surface area contributed by atoms with Gasteiger partial charge in [0, 0.05) is 75.9 Å². The van der Waals surface area contributed by atoms with Gasteiger partial charge in [0.1, 0.15) is 17.1 Å². The second-order valence-corrected chi connectivity index (χ2v) is 10.6. The molecule has 1 N–H and O–H groups in total. The fourth-order valence-electron chi connectivity index (χ4n) is 4.09. The molecule has 0 spiro atoms. The summed E-state index contributed by atoms with van der Waals surface area (Å²) in [7, 11) is 3.24. The molecule has 8 nitrogen and oxygen atoms in total. The molecule has 0 saturated carbocycles. The smallest absolute Gasteiger partial charge is 0.410 e. The van der Waals surface area contributed by atoms with Gasteiger partial charge in [0.05, 0.1) is 24.3 Å². The molecule has 0 radical (unpaired) electrons. The number of amides is 1. The first-order valence-corrected chi connectivity index (χ1v) is 13.2. The summed E-state index contributed by atoms with van der Waals surface area (Å²) in [6.45, 7) is 12.5. The number of hydrogen-bond acceptors (Lipinski definition) is 7. The van der Waals surface area contributed by atoms with Crippen molar-refractivity contribution in [3.8, 4) is 11.5 Å². The number of halogens is 4. The first-order chi connectivity index (χ1) is 17.6. The summed E-state index contributed by atoms with van der Waals surface area (Å²) >= 11 is 12.0. The molecular formula is C27H40Cl4N4O4. The highest BCUT2D eigenvalue weighted by atomic mass is 35.5. The van der Waals surface area contributed by atoms with E-state index in [1.807, 2.05) is 57.2 Å². The SMILES string of the molecule is COc1cc(N2CCN(C(=O)OC(C)(C)C)CC2)ccc1Cl.COc1cc(N2CCNCC2)ccc1Cl.Cl.Cl. The van der Waals surface area contributed by atoms with Crippen molar-refractivity contribution in [1.82, 2.24) is 10.2 Å². The molecule has 1 amide bonds. The Kier molecular flexibility index (Phi) is 14.7. The van der Waals surface area contributed by atoms with Crippen LogP contribution in [0, 0.1) is 0 Å². The van der Waals surface area contributed by atoms with Crippen LogP contribution in [0.1, 0.15) is 20.8 Å². The van der Waals surface area contributed by atoms with Gasteiger partial charge in [-0.2, -0.15) is 0 Å². The van der Waals surface area contributed by atoms with Crippen LogP contribution in [-0.4, -0.2) is 83.2 Å². The maximum absolute atomic E-state index is 12.0. The maximum atomic E-state index is 12.0. The van der Waals surface area contributed by atoms with Crippen molar-refractivity contribution < 1.29 is 19.0 Å². The van der Waals surface area contributed by atoms with Gasteiger partial charge in [-0.15, -0.1) is 24.8 Å². The van der Waals surface area contributed by atoms with Crippen molar-refractivity contribution in [2.24, 2.45) is 0 Å². The van der Waals surface area contributed by atoms with Crippen LogP contribution in [0.5, 0.6) is 11.5 Å². The predicted molar refractivity (Wildman–Crippen MR) is 166 cm³/mol. The standard InChI is InChI=1S/C16H23ClN2O3.C11H15ClN2O.2ClH/c1-16(2,3)22-15(20)19-9-7-18(8-10-19)12-5-6-13(17)14(11-12)21-4;1-15-11-8-9(2-3-10(11)12)14-6-4-13-5-7-14;;/h5-6,11H,7-10H2,1-4H3;2-3,8,13H,4-7H2,1H3;2*1H.